The van der Waals surface area contributed by atoms with Crippen molar-refractivity contribution in [3.8, 4) is 5.75 Å². The number of halogens is 1. The maximum absolute atomic E-state index is 13.4. The van der Waals surface area contributed by atoms with E-state index in [1.54, 1.807) is 48.5 Å². The Labute approximate surface area is 209 Å². The predicted molar refractivity (Wildman–Crippen MR) is 137 cm³/mol. The van der Waals surface area contributed by atoms with Gasteiger partial charge in [-0.05, 0) is 79.6 Å². The molecule has 6 heteroatoms. The molecule has 1 N–H and O–H groups in total. The van der Waals surface area contributed by atoms with Crippen molar-refractivity contribution in [3.63, 3.8) is 0 Å². The van der Waals surface area contributed by atoms with Gasteiger partial charge in [0.1, 0.15) is 11.5 Å². The summed E-state index contributed by atoms with van der Waals surface area (Å²) in [4.78, 5) is 28.2. The Bertz CT molecular complexity index is 1330. The lowest BCUT2D eigenvalue weighted by Crippen LogP contribution is -2.29. The van der Waals surface area contributed by atoms with Crippen LogP contribution < -0.4 is 9.64 Å². The van der Waals surface area contributed by atoms with Crippen LogP contribution in [0, 0.1) is 0 Å². The summed E-state index contributed by atoms with van der Waals surface area (Å²) in [6.45, 7) is 2.35. The molecule has 2 aliphatic rings. The average molecular weight is 488 g/mol. The number of fused-ring (bicyclic) bond motifs is 1. The van der Waals surface area contributed by atoms with Crippen LogP contribution in [0.25, 0.3) is 5.76 Å². The molecular formula is C29H26ClNO4. The van der Waals surface area contributed by atoms with Crippen molar-refractivity contribution < 1.29 is 19.4 Å². The van der Waals surface area contributed by atoms with Crippen molar-refractivity contribution in [2.75, 3.05) is 11.5 Å². The van der Waals surface area contributed by atoms with Crippen molar-refractivity contribution in [1.29, 1.82) is 0 Å². The number of carbonyl (C=O) groups excluding carboxylic acids is 2. The summed E-state index contributed by atoms with van der Waals surface area (Å²) >= 11 is 6.12. The average Bonchev–Trinajstić information content (AvgIpc) is 3.14. The van der Waals surface area contributed by atoms with Gasteiger partial charge in [-0.25, -0.2) is 0 Å². The van der Waals surface area contributed by atoms with Gasteiger partial charge in [0, 0.05) is 22.3 Å². The maximum Gasteiger partial charge on any atom is 0.300 e. The minimum atomic E-state index is -0.805. The van der Waals surface area contributed by atoms with E-state index < -0.39 is 17.7 Å². The van der Waals surface area contributed by atoms with E-state index >= 15 is 0 Å². The number of hydrogen-bond acceptors (Lipinski definition) is 4. The molecule has 1 unspecified atom stereocenters. The van der Waals surface area contributed by atoms with Crippen molar-refractivity contribution >= 4 is 34.7 Å². The van der Waals surface area contributed by atoms with Gasteiger partial charge < -0.3 is 9.84 Å². The first-order chi connectivity index (χ1) is 17.0. The number of aliphatic hydroxyl groups excluding tert-OH is 1. The normalized spacial score (nSPS) is 19.0. The fourth-order valence-electron chi connectivity index (χ4n) is 4.99. The number of rotatable bonds is 5. The van der Waals surface area contributed by atoms with E-state index in [-0.39, 0.29) is 11.3 Å². The number of anilines is 1. The first kappa shape index (κ1) is 23.2. The van der Waals surface area contributed by atoms with Crippen molar-refractivity contribution in [2.45, 2.75) is 38.6 Å². The van der Waals surface area contributed by atoms with Crippen LogP contribution in [0.3, 0.4) is 0 Å². The molecule has 0 spiro atoms. The molecule has 0 radical (unpaired) electrons. The molecule has 3 aromatic rings. The molecule has 1 saturated heterocycles. The third kappa shape index (κ3) is 4.32. The minimum Gasteiger partial charge on any atom is -0.507 e. The van der Waals surface area contributed by atoms with Crippen LogP contribution in [-0.2, 0) is 22.4 Å². The van der Waals surface area contributed by atoms with E-state index in [4.69, 9.17) is 16.3 Å². The number of Topliss-reactive ketones (excluding diaryl/α,β-unsaturated/α-hetero) is 1. The summed E-state index contributed by atoms with van der Waals surface area (Å²) in [5.41, 5.74) is 4.26. The zero-order valence-corrected chi connectivity index (χ0v) is 20.2. The Morgan fingerprint density at radius 1 is 1.00 bits per heavy atom. The highest BCUT2D eigenvalue weighted by molar-refractivity contribution is 6.51. The van der Waals surface area contributed by atoms with Gasteiger partial charge in [-0.2, -0.15) is 0 Å². The molecule has 178 valence electrons. The molecule has 1 atom stereocenters. The molecule has 35 heavy (non-hydrogen) atoms. The van der Waals surface area contributed by atoms with Crippen molar-refractivity contribution in [3.05, 3.63) is 99.6 Å². The summed E-state index contributed by atoms with van der Waals surface area (Å²) in [6, 6.07) is 19.0. The van der Waals surface area contributed by atoms with Crippen LogP contribution in [0.5, 0.6) is 5.75 Å². The van der Waals surface area contributed by atoms with Crippen molar-refractivity contribution in [1.82, 2.24) is 0 Å². The number of ether oxygens (including phenoxy) is 1. The lowest BCUT2D eigenvalue weighted by Gasteiger charge is -2.26. The predicted octanol–water partition coefficient (Wildman–Crippen LogP) is 6.24. The molecule has 1 amide bonds. The fourth-order valence-corrected chi connectivity index (χ4v) is 5.11. The molecule has 0 saturated carbocycles. The molecular weight excluding hydrogens is 462 g/mol. The second-order valence-corrected chi connectivity index (χ2v) is 9.28. The highest BCUT2D eigenvalue weighted by Gasteiger charge is 2.47. The zero-order valence-electron chi connectivity index (χ0n) is 19.5. The lowest BCUT2D eigenvalue weighted by molar-refractivity contribution is -0.132. The zero-order chi connectivity index (χ0) is 24.5. The second-order valence-electron chi connectivity index (χ2n) is 8.84. The monoisotopic (exact) mass is 487 g/mol. The van der Waals surface area contributed by atoms with Crippen LogP contribution in [0.15, 0.2) is 72.3 Å². The van der Waals surface area contributed by atoms with E-state index in [9.17, 15) is 14.7 Å². The van der Waals surface area contributed by atoms with Crippen LogP contribution >= 0.6 is 11.6 Å². The van der Waals surface area contributed by atoms with E-state index in [1.165, 1.54) is 16.0 Å². The minimum absolute atomic E-state index is 0.0647. The first-order valence-corrected chi connectivity index (χ1v) is 12.3. The second kappa shape index (κ2) is 9.59. The summed E-state index contributed by atoms with van der Waals surface area (Å²) in [5.74, 6) is -0.989. The molecule has 1 fully saturated rings. The van der Waals surface area contributed by atoms with Gasteiger partial charge in [-0.3, -0.25) is 14.5 Å². The van der Waals surface area contributed by atoms with Gasteiger partial charge >= 0.3 is 0 Å². The number of nitrogens with zero attached hydrogens (tertiary/aromatic N) is 1. The number of ketones is 1. The number of carbonyl (C=O) groups is 2. The smallest absolute Gasteiger partial charge is 0.300 e. The Balaban J connectivity index is 1.67. The van der Waals surface area contributed by atoms with E-state index in [0.29, 0.717) is 34.2 Å². The van der Waals surface area contributed by atoms with E-state index in [2.05, 4.69) is 0 Å². The standard InChI is InChI=1S/C29H26ClNO4/c1-2-35-24-9-5-8-23(17-24)31-26(19-12-14-22(30)15-13-19)25(28(33)29(31)34)27(32)21-11-10-18-6-3-4-7-20(18)16-21/h5,8-17,26,32H,2-4,6-7H2,1H3/b27-25-. The molecule has 1 heterocycles. The van der Waals surface area contributed by atoms with Crippen LogP contribution in [0.1, 0.15) is 48.1 Å². The quantitative estimate of drug-likeness (QED) is 0.262. The van der Waals surface area contributed by atoms with Gasteiger partial charge in [-0.15, -0.1) is 0 Å². The van der Waals surface area contributed by atoms with Crippen LogP contribution in [0.2, 0.25) is 5.02 Å². The highest BCUT2D eigenvalue weighted by Crippen LogP contribution is 2.43. The summed E-state index contributed by atoms with van der Waals surface area (Å²) in [5, 5.41) is 12.0. The van der Waals surface area contributed by atoms with Crippen LogP contribution in [-0.4, -0.2) is 23.4 Å². The Morgan fingerprint density at radius 2 is 1.74 bits per heavy atom. The number of aliphatic hydroxyl groups is 1. The number of hydrogen-bond donors (Lipinski definition) is 1. The number of aryl methyl sites for hydroxylation is 2. The Kier molecular flexibility index (Phi) is 6.35. The van der Waals surface area contributed by atoms with Gasteiger partial charge in [0.15, 0.2) is 0 Å². The van der Waals surface area contributed by atoms with Crippen molar-refractivity contribution in [2.24, 2.45) is 0 Å². The topological polar surface area (TPSA) is 66.8 Å². The Hall–Kier alpha value is -3.57. The summed E-state index contributed by atoms with van der Waals surface area (Å²) < 4.78 is 5.62. The highest BCUT2D eigenvalue weighted by atomic mass is 35.5. The summed E-state index contributed by atoms with van der Waals surface area (Å²) in [7, 11) is 0. The molecule has 5 nitrogen and oxygen atoms in total. The van der Waals surface area contributed by atoms with E-state index in [1.807, 2.05) is 25.1 Å². The van der Waals surface area contributed by atoms with Crippen LogP contribution in [0.4, 0.5) is 5.69 Å². The lowest BCUT2D eigenvalue weighted by atomic mass is 9.88. The number of benzene rings is 3. The molecule has 1 aliphatic heterocycles. The van der Waals surface area contributed by atoms with E-state index in [0.717, 1.165) is 25.7 Å². The maximum atomic E-state index is 13.4. The largest absolute Gasteiger partial charge is 0.507 e. The fraction of sp³-hybridized carbons (Fsp3) is 0.241. The molecule has 1 aliphatic carbocycles. The molecule has 0 aromatic heterocycles. The molecule has 5 rings (SSSR count). The van der Waals surface area contributed by atoms with Gasteiger partial charge in [0.25, 0.3) is 11.7 Å². The SMILES string of the molecule is CCOc1cccc(N2C(=O)C(=O)/C(=C(\O)c3ccc4c(c3)CCCC4)C2c2ccc(Cl)cc2)c1. The first-order valence-electron chi connectivity index (χ1n) is 11.9. The van der Waals surface area contributed by atoms with Gasteiger partial charge in [0.2, 0.25) is 0 Å². The molecule has 3 aromatic carbocycles. The summed E-state index contributed by atoms with van der Waals surface area (Å²) in [6.07, 6.45) is 4.21. The third-order valence-electron chi connectivity index (χ3n) is 6.66. The Morgan fingerprint density at radius 3 is 2.49 bits per heavy atom. The van der Waals surface area contributed by atoms with Gasteiger partial charge in [0.05, 0.1) is 18.2 Å². The number of amides is 1. The molecule has 0 bridgehead atoms. The third-order valence-corrected chi connectivity index (χ3v) is 6.91. The van der Waals surface area contributed by atoms with Gasteiger partial charge in [-0.1, -0.05) is 41.9 Å².